The van der Waals surface area contributed by atoms with Gasteiger partial charge in [0.2, 0.25) is 0 Å². The molecule has 26 heavy (non-hydrogen) atoms. The molecule has 0 aliphatic rings. The molecule has 0 radical (unpaired) electrons. The van der Waals surface area contributed by atoms with Gasteiger partial charge in [-0.1, -0.05) is 30.6 Å². The molecule has 1 aromatic heterocycles. The van der Waals surface area contributed by atoms with Crippen molar-refractivity contribution in [1.82, 2.24) is 15.0 Å². The fraction of sp³-hybridized carbons (Fsp3) is 0.412. The van der Waals surface area contributed by atoms with Crippen molar-refractivity contribution < 1.29 is 19.2 Å². The van der Waals surface area contributed by atoms with Crippen molar-refractivity contribution in [2.75, 3.05) is 18.9 Å². The number of hydrogen-bond donors (Lipinski definition) is 2. The van der Waals surface area contributed by atoms with Gasteiger partial charge in [-0.2, -0.15) is 4.98 Å². The largest absolute Gasteiger partial charge is 0.481 e. The third kappa shape index (κ3) is 5.45. The maximum Gasteiger partial charge on any atom is 0.321 e. The van der Waals surface area contributed by atoms with Gasteiger partial charge < -0.3 is 19.8 Å². The Labute approximate surface area is 156 Å². The van der Waals surface area contributed by atoms with Gasteiger partial charge >= 0.3 is 12.0 Å². The molecule has 2 N–H and O–H groups in total. The van der Waals surface area contributed by atoms with Crippen LogP contribution in [0, 0.1) is 5.92 Å². The Morgan fingerprint density at radius 3 is 2.77 bits per heavy atom. The van der Waals surface area contributed by atoms with Gasteiger partial charge in [-0.05, 0) is 24.1 Å². The van der Waals surface area contributed by atoms with Crippen molar-refractivity contribution in [3.05, 3.63) is 29.0 Å². The molecule has 0 unspecified atom stereocenters. The SMILES string of the molecule is CC(C)Cc1noc(-c2cc(Cl)ccc2NC(=O)N(C)CCC(=O)O)n1. The third-order valence-electron chi connectivity index (χ3n) is 3.52. The quantitative estimate of drug-likeness (QED) is 0.760. The topological polar surface area (TPSA) is 109 Å². The second-order valence-corrected chi connectivity index (χ2v) is 6.74. The number of urea groups is 1. The predicted molar refractivity (Wildman–Crippen MR) is 97.2 cm³/mol. The Bertz CT molecular complexity index is 791. The normalized spacial score (nSPS) is 10.8. The van der Waals surface area contributed by atoms with E-state index in [1.807, 2.05) is 13.8 Å². The minimum atomic E-state index is -0.972. The van der Waals surface area contributed by atoms with E-state index in [1.54, 1.807) is 18.2 Å². The van der Waals surface area contributed by atoms with Gasteiger partial charge in [0.05, 0.1) is 17.7 Å². The van der Waals surface area contributed by atoms with Gasteiger partial charge in [0, 0.05) is 25.0 Å². The Balaban J connectivity index is 2.20. The van der Waals surface area contributed by atoms with E-state index in [4.69, 9.17) is 21.2 Å². The minimum absolute atomic E-state index is 0.0865. The molecule has 2 rings (SSSR count). The number of aromatic nitrogens is 2. The van der Waals surface area contributed by atoms with E-state index in [1.165, 1.54) is 11.9 Å². The van der Waals surface area contributed by atoms with Gasteiger partial charge in [-0.25, -0.2) is 4.79 Å². The van der Waals surface area contributed by atoms with Crippen molar-refractivity contribution in [2.24, 2.45) is 5.92 Å². The lowest BCUT2D eigenvalue weighted by Crippen LogP contribution is -2.33. The molecule has 9 heteroatoms. The summed E-state index contributed by atoms with van der Waals surface area (Å²) in [6.07, 6.45) is 0.531. The molecule has 1 heterocycles. The second-order valence-electron chi connectivity index (χ2n) is 6.30. The zero-order valence-electron chi connectivity index (χ0n) is 14.8. The van der Waals surface area contributed by atoms with E-state index in [2.05, 4.69) is 15.5 Å². The van der Waals surface area contributed by atoms with Crippen LogP contribution in [-0.4, -0.2) is 45.7 Å². The van der Waals surface area contributed by atoms with Crippen LogP contribution in [0.15, 0.2) is 22.7 Å². The number of benzene rings is 1. The van der Waals surface area contributed by atoms with Crippen LogP contribution in [0.1, 0.15) is 26.1 Å². The number of amides is 2. The first-order valence-corrected chi connectivity index (χ1v) is 8.50. The van der Waals surface area contributed by atoms with Crippen LogP contribution in [0.2, 0.25) is 5.02 Å². The monoisotopic (exact) mass is 380 g/mol. The molecule has 0 spiro atoms. The van der Waals surface area contributed by atoms with E-state index in [0.717, 1.165) is 0 Å². The molecular weight excluding hydrogens is 360 g/mol. The van der Waals surface area contributed by atoms with Crippen LogP contribution < -0.4 is 5.32 Å². The molecule has 8 nitrogen and oxygen atoms in total. The zero-order valence-corrected chi connectivity index (χ0v) is 15.6. The fourth-order valence-corrected chi connectivity index (χ4v) is 2.36. The fourth-order valence-electron chi connectivity index (χ4n) is 2.19. The standard InChI is InChI=1S/C17H21ClN4O4/c1-10(2)8-14-20-16(26-21-14)12-9-11(18)4-5-13(12)19-17(25)22(3)7-6-15(23)24/h4-5,9-10H,6-8H2,1-3H3,(H,19,25)(H,23,24). The zero-order chi connectivity index (χ0) is 19.3. The minimum Gasteiger partial charge on any atom is -0.481 e. The average molecular weight is 381 g/mol. The molecule has 0 aliphatic carbocycles. The van der Waals surface area contributed by atoms with E-state index in [-0.39, 0.29) is 18.9 Å². The number of carboxylic acid groups (broad SMARTS) is 1. The molecule has 0 aliphatic heterocycles. The van der Waals surface area contributed by atoms with Crippen molar-refractivity contribution in [3.63, 3.8) is 0 Å². The molecule has 0 atom stereocenters. The van der Waals surface area contributed by atoms with E-state index in [0.29, 0.717) is 34.4 Å². The summed E-state index contributed by atoms with van der Waals surface area (Å²) in [4.78, 5) is 28.5. The van der Waals surface area contributed by atoms with Crippen molar-refractivity contribution in [2.45, 2.75) is 26.7 Å². The number of halogens is 1. The molecular formula is C17H21ClN4O4. The smallest absolute Gasteiger partial charge is 0.321 e. The number of rotatable bonds is 7. The molecule has 140 valence electrons. The summed E-state index contributed by atoms with van der Waals surface area (Å²) in [5.74, 6) is 0.236. The van der Waals surface area contributed by atoms with Crippen LogP contribution in [0.3, 0.4) is 0 Å². The van der Waals surface area contributed by atoms with Crippen LogP contribution in [0.4, 0.5) is 10.5 Å². The van der Waals surface area contributed by atoms with Crippen molar-refractivity contribution in [3.8, 4) is 11.5 Å². The number of aliphatic carboxylic acids is 1. The van der Waals surface area contributed by atoms with Gasteiger partial charge in [0.1, 0.15) is 0 Å². The summed E-state index contributed by atoms with van der Waals surface area (Å²) in [7, 11) is 1.52. The van der Waals surface area contributed by atoms with E-state index in [9.17, 15) is 9.59 Å². The van der Waals surface area contributed by atoms with Crippen molar-refractivity contribution >= 4 is 29.3 Å². The Morgan fingerprint density at radius 2 is 2.12 bits per heavy atom. The molecule has 1 aromatic carbocycles. The number of anilines is 1. The lowest BCUT2D eigenvalue weighted by Gasteiger charge is -2.18. The van der Waals surface area contributed by atoms with E-state index < -0.39 is 12.0 Å². The highest BCUT2D eigenvalue weighted by Gasteiger charge is 2.18. The van der Waals surface area contributed by atoms with E-state index >= 15 is 0 Å². The van der Waals surface area contributed by atoms with Crippen LogP contribution in [0.5, 0.6) is 0 Å². The van der Waals surface area contributed by atoms with Gasteiger partial charge in [-0.15, -0.1) is 0 Å². The molecule has 0 fully saturated rings. The maximum atomic E-state index is 12.3. The van der Waals surface area contributed by atoms with Gasteiger partial charge in [-0.3, -0.25) is 4.79 Å². The molecule has 2 amide bonds. The van der Waals surface area contributed by atoms with Crippen LogP contribution in [0.25, 0.3) is 11.5 Å². The maximum absolute atomic E-state index is 12.3. The highest BCUT2D eigenvalue weighted by atomic mass is 35.5. The summed E-state index contributed by atoms with van der Waals surface area (Å²) >= 11 is 6.06. The van der Waals surface area contributed by atoms with Gasteiger partial charge in [0.25, 0.3) is 5.89 Å². The summed E-state index contributed by atoms with van der Waals surface area (Å²) in [6.45, 7) is 4.19. The lowest BCUT2D eigenvalue weighted by molar-refractivity contribution is -0.137. The first kappa shape index (κ1) is 19.7. The summed E-state index contributed by atoms with van der Waals surface area (Å²) < 4.78 is 5.31. The molecule has 0 bridgehead atoms. The van der Waals surface area contributed by atoms with Crippen LogP contribution >= 0.6 is 11.6 Å². The second kappa shape index (κ2) is 8.66. The predicted octanol–water partition coefficient (Wildman–Crippen LogP) is 3.53. The summed E-state index contributed by atoms with van der Waals surface area (Å²) in [6, 6.07) is 4.44. The summed E-state index contributed by atoms with van der Waals surface area (Å²) in [5, 5.41) is 15.8. The van der Waals surface area contributed by atoms with Crippen molar-refractivity contribution in [1.29, 1.82) is 0 Å². The Morgan fingerprint density at radius 1 is 1.38 bits per heavy atom. The highest BCUT2D eigenvalue weighted by Crippen LogP contribution is 2.30. The Hall–Kier alpha value is -2.61. The van der Waals surface area contributed by atoms with Gasteiger partial charge in [0.15, 0.2) is 5.82 Å². The number of carbonyl (C=O) groups is 2. The van der Waals surface area contributed by atoms with Crippen LogP contribution in [-0.2, 0) is 11.2 Å². The third-order valence-corrected chi connectivity index (χ3v) is 3.76. The average Bonchev–Trinajstić information content (AvgIpc) is 3.01. The number of carbonyl (C=O) groups excluding carboxylic acids is 1. The summed E-state index contributed by atoms with van der Waals surface area (Å²) in [5.41, 5.74) is 0.946. The first-order chi connectivity index (χ1) is 12.3. The molecule has 2 aromatic rings. The number of carboxylic acids is 1. The lowest BCUT2D eigenvalue weighted by atomic mass is 10.1. The Kier molecular flexibility index (Phi) is 6.57. The number of hydrogen-bond acceptors (Lipinski definition) is 5. The molecule has 0 saturated carbocycles. The highest BCUT2D eigenvalue weighted by molar-refractivity contribution is 6.31. The number of nitrogens with one attached hydrogen (secondary N) is 1. The molecule has 0 saturated heterocycles. The number of nitrogens with zero attached hydrogens (tertiary/aromatic N) is 3. The first-order valence-electron chi connectivity index (χ1n) is 8.12.